The van der Waals surface area contributed by atoms with Crippen LogP contribution >= 0.6 is 0 Å². The maximum Gasteiger partial charge on any atom is 0.281 e. The highest BCUT2D eigenvalue weighted by Gasteiger charge is 2.25. The molecule has 0 aliphatic rings. The summed E-state index contributed by atoms with van der Waals surface area (Å²) in [6, 6.07) is 15.0. The first-order valence-corrected chi connectivity index (χ1v) is 13.5. The van der Waals surface area contributed by atoms with E-state index in [1.165, 1.54) is 24.4 Å². The maximum absolute atomic E-state index is 13.3. The molecule has 0 spiro atoms. The monoisotopic (exact) mass is 547 g/mol. The highest BCUT2D eigenvalue weighted by molar-refractivity contribution is 7.90. The van der Waals surface area contributed by atoms with E-state index in [1.807, 2.05) is 52.0 Å². The number of aromatic nitrogens is 2. The van der Waals surface area contributed by atoms with Gasteiger partial charge >= 0.3 is 0 Å². The molecule has 0 saturated carbocycles. The molecule has 4 aromatic rings. The third kappa shape index (κ3) is 5.85. The highest BCUT2D eigenvalue weighted by Crippen LogP contribution is 2.40. The molecule has 1 amide bonds. The largest absolute Gasteiger partial charge is 0.496 e. The summed E-state index contributed by atoms with van der Waals surface area (Å²) in [6.45, 7) is 7.65. The van der Waals surface area contributed by atoms with Gasteiger partial charge in [-0.15, -0.1) is 0 Å². The van der Waals surface area contributed by atoms with Gasteiger partial charge in [0, 0.05) is 6.20 Å². The lowest BCUT2D eigenvalue weighted by Gasteiger charge is -2.18. The van der Waals surface area contributed by atoms with Crippen LogP contribution in [0, 0.1) is 27.7 Å². The molecule has 9 nitrogen and oxygen atoms in total. The predicted molar refractivity (Wildman–Crippen MR) is 147 cm³/mol. The van der Waals surface area contributed by atoms with Gasteiger partial charge in [-0.3, -0.25) is 4.79 Å². The standard InChI is InChI=1S/C29H29N3O6S/c1-17-13-19(3)27(20(4)14-17)38-29-21(28(33)32-39(34,35)25-9-7-8-12-30-25)10-11-22(31-29)26-23(36-5)15-18(2)16-24(26)37-6/h7-16H,1-6H3,(H,32,33). The van der Waals surface area contributed by atoms with Crippen LogP contribution in [0.2, 0.25) is 0 Å². The number of hydrogen-bond acceptors (Lipinski definition) is 8. The lowest BCUT2D eigenvalue weighted by Crippen LogP contribution is -2.31. The second-order valence-corrected chi connectivity index (χ2v) is 10.7. The summed E-state index contributed by atoms with van der Waals surface area (Å²) in [5, 5.41) is -0.287. The van der Waals surface area contributed by atoms with Crippen LogP contribution in [0.4, 0.5) is 0 Å². The fourth-order valence-corrected chi connectivity index (χ4v) is 5.20. The molecular formula is C29H29N3O6S. The molecule has 0 radical (unpaired) electrons. The number of aryl methyl sites for hydroxylation is 4. The number of benzene rings is 2. The molecule has 2 aromatic heterocycles. The van der Waals surface area contributed by atoms with E-state index < -0.39 is 15.9 Å². The first kappa shape index (κ1) is 27.6. The number of rotatable bonds is 8. The zero-order valence-electron chi connectivity index (χ0n) is 22.5. The van der Waals surface area contributed by atoms with E-state index in [0.717, 1.165) is 22.3 Å². The van der Waals surface area contributed by atoms with Gasteiger partial charge in [0.15, 0.2) is 5.03 Å². The molecule has 2 heterocycles. The number of pyridine rings is 2. The molecule has 0 aliphatic heterocycles. The van der Waals surface area contributed by atoms with E-state index >= 15 is 0 Å². The van der Waals surface area contributed by atoms with Gasteiger partial charge in [-0.1, -0.05) is 23.8 Å². The van der Waals surface area contributed by atoms with Gasteiger partial charge in [-0.05, 0) is 80.8 Å². The molecule has 10 heteroatoms. The summed E-state index contributed by atoms with van der Waals surface area (Å²) < 4.78 is 45.2. The third-order valence-electron chi connectivity index (χ3n) is 5.95. The van der Waals surface area contributed by atoms with Gasteiger partial charge in [0.25, 0.3) is 15.9 Å². The molecule has 1 N–H and O–H groups in total. The van der Waals surface area contributed by atoms with Crippen molar-refractivity contribution in [3.05, 3.63) is 88.6 Å². The molecule has 39 heavy (non-hydrogen) atoms. The lowest BCUT2D eigenvalue weighted by molar-refractivity contribution is 0.0978. The average Bonchev–Trinajstić information content (AvgIpc) is 2.90. The van der Waals surface area contributed by atoms with Crippen molar-refractivity contribution in [2.75, 3.05) is 14.2 Å². The second kappa shape index (κ2) is 11.1. The highest BCUT2D eigenvalue weighted by atomic mass is 32.2. The molecule has 202 valence electrons. The van der Waals surface area contributed by atoms with Gasteiger partial charge in [0.1, 0.15) is 22.8 Å². The molecule has 4 rings (SSSR count). The van der Waals surface area contributed by atoms with Crippen molar-refractivity contribution in [2.24, 2.45) is 0 Å². The Morgan fingerprint density at radius 1 is 0.846 bits per heavy atom. The van der Waals surface area contributed by atoms with Gasteiger partial charge in [-0.2, -0.15) is 8.42 Å². The summed E-state index contributed by atoms with van der Waals surface area (Å²) in [4.78, 5) is 21.8. The van der Waals surface area contributed by atoms with Crippen LogP contribution in [0.3, 0.4) is 0 Å². The Morgan fingerprint density at radius 2 is 1.46 bits per heavy atom. The minimum absolute atomic E-state index is 0.0809. The van der Waals surface area contributed by atoms with Crippen LogP contribution in [0.15, 0.2) is 65.8 Å². The Labute approximate surface area is 227 Å². The van der Waals surface area contributed by atoms with Crippen molar-refractivity contribution in [3.8, 4) is 34.4 Å². The minimum atomic E-state index is -4.24. The van der Waals surface area contributed by atoms with Crippen molar-refractivity contribution >= 4 is 15.9 Å². The van der Waals surface area contributed by atoms with Gasteiger partial charge < -0.3 is 14.2 Å². The van der Waals surface area contributed by atoms with E-state index in [-0.39, 0.29) is 16.5 Å². The zero-order chi connectivity index (χ0) is 28.3. The topological polar surface area (TPSA) is 117 Å². The Bertz CT molecular complexity index is 1610. The number of carbonyl (C=O) groups is 1. The number of nitrogens with zero attached hydrogens (tertiary/aromatic N) is 2. The number of methoxy groups -OCH3 is 2. The summed E-state index contributed by atoms with van der Waals surface area (Å²) in [5.41, 5.74) is 4.52. The van der Waals surface area contributed by atoms with Crippen LogP contribution in [0.5, 0.6) is 23.1 Å². The van der Waals surface area contributed by atoms with Crippen molar-refractivity contribution in [2.45, 2.75) is 32.7 Å². The molecule has 0 saturated heterocycles. The van der Waals surface area contributed by atoms with E-state index in [2.05, 4.69) is 14.7 Å². The number of sulfonamides is 1. The number of hydrogen-bond donors (Lipinski definition) is 1. The SMILES string of the molecule is COc1cc(C)cc(OC)c1-c1ccc(C(=O)NS(=O)(=O)c2ccccn2)c(Oc2c(C)cc(C)cc2C)n1. The van der Waals surface area contributed by atoms with Crippen molar-refractivity contribution < 1.29 is 27.4 Å². The Balaban J connectivity index is 1.86. The summed E-state index contributed by atoms with van der Waals surface area (Å²) in [6.07, 6.45) is 1.33. The van der Waals surface area contributed by atoms with E-state index in [1.54, 1.807) is 26.4 Å². The quantitative estimate of drug-likeness (QED) is 0.316. The first-order chi connectivity index (χ1) is 18.5. The van der Waals surface area contributed by atoms with Crippen molar-refractivity contribution in [1.82, 2.24) is 14.7 Å². The molecule has 0 atom stereocenters. The zero-order valence-corrected chi connectivity index (χ0v) is 23.3. The van der Waals surface area contributed by atoms with Crippen LogP contribution in [-0.2, 0) is 10.0 Å². The number of amides is 1. The molecule has 0 unspecified atom stereocenters. The van der Waals surface area contributed by atoms with E-state index in [9.17, 15) is 13.2 Å². The van der Waals surface area contributed by atoms with Crippen molar-refractivity contribution in [1.29, 1.82) is 0 Å². The normalized spacial score (nSPS) is 11.1. The van der Waals surface area contributed by atoms with Gasteiger partial charge in [-0.25, -0.2) is 14.7 Å². The smallest absolute Gasteiger partial charge is 0.281 e. The summed E-state index contributed by atoms with van der Waals surface area (Å²) in [5.74, 6) is 0.543. The average molecular weight is 548 g/mol. The molecule has 2 aromatic carbocycles. The number of nitrogens with one attached hydrogen (secondary N) is 1. The summed E-state index contributed by atoms with van der Waals surface area (Å²) in [7, 11) is -1.16. The van der Waals surface area contributed by atoms with Gasteiger partial charge in [0.05, 0.1) is 25.5 Å². The van der Waals surface area contributed by atoms with Crippen LogP contribution in [0.1, 0.15) is 32.6 Å². The molecular weight excluding hydrogens is 518 g/mol. The van der Waals surface area contributed by atoms with E-state index in [0.29, 0.717) is 28.5 Å². The number of carbonyl (C=O) groups excluding carboxylic acids is 1. The summed E-state index contributed by atoms with van der Waals surface area (Å²) >= 11 is 0. The lowest BCUT2D eigenvalue weighted by atomic mass is 10.0. The molecule has 0 fully saturated rings. The van der Waals surface area contributed by atoms with E-state index in [4.69, 9.17) is 14.2 Å². The van der Waals surface area contributed by atoms with Crippen LogP contribution in [0.25, 0.3) is 11.3 Å². The molecule has 0 bridgehead atoms. The minimum Gasteiger partial charge on any atom is -0.496 e. The predicted octanol–water partition coefficient (Wildman–Crippen LogP) is 5.31. The van der Waals surface area contributed by atoms with Crippen LogP contribution < -0.4 is 18.9 Å². The Morgan fingerprint density at radius 3 is 2.03 bits per heavy atom. The fraction of sp³-hybridized carbons (Fsp3) is 0.207. The first-order valence-electron chi connectivity index (χ1n) is 12.0. The number of ether oxygens (including phenoxy) is 3. The fourth-order valence-electron chi connectivity index (χ4n) is 4.29. The maximum atomic E-state index is 13.3. The third-order valence-corrected chi connectivity index (χ3v) is 7.20. The van der Waals surface area contributed by atoms with Gasteiger partial charge in [0.2, 0.25) is 5.88 Å². The Kier molecular flexibility index (Phi) is 7.87. The molecule has 0 aliphatic carbocycles. The van der Waals surface area contributed by atoms with Crippen LogP contribution in [-0.4, -0.2) is 38.5 Å². The second-order valence-electron chi connectivity index (χ2n) is 9.03. The van der Waals surface area contributed by atoms with Crippen molar-refractivity contribution in [3.63, 3.8) is 0 Å². The Hall–Kier alpha value is -4.44.